The number of fused-ring (bicyclic) bond motifs is 1. The van der Waals surface area contributed by atoms with Gasteiger partial charge in [-0.15, -0.1) is 0 Å². The van der Waals surface area contributed by atoms with E-state index >= 15 is 0 Å². The Bertz CT molecular complexity index is 1110. The number of aromatic nitrogens is 1. The van der Waals surface area contributed by atoms with Gasteiger partial charge in [-0.3, -0.25) is 15.1 Å². The summed E-state index contributed by atoms with van der Waals surface area (Å²) in [6, 6.07) is 13.7. The molecule has 0 bridgehead atoms. The standard InChI is InChI=1S/C18H11N3O4/c22-18-14(9-11-10-19-15-7-3-1-5-12(11)15)17(20-25-18)13-6-2-4-8-16(13)21(23)24/h1-10,20H/b11-9-. The van der Waals surface area contributed by atoms with E-state index in [4.69, 9.17) is 4.52 Å². The molecular formula is C18H11N3O4. The van der Waals surface area contributed by atoms with Crippen molar-refractivity contribution in [3.63, 3.8) is 0 Å². The van der Waals surface area contributed by atoms with Crippen LogP contribution in [0.5, 0.6) is 0 Å². The van der Waals surface area contributed by atoms with Crippen molar-refractivity contribution in [1.29, 1.82) is 0 Å². The second-order valence-electron chi connectivity index (χ2n) is 5.43. The first-order valence-electron chi connectivity index (χ1n) is 7.45. The van der Waals surface area contributed by atoms with Crippen molar-refractivity contribution in [2.24, 2.45) is 4.99 Å². The summed E-state index contributed by atoms with van der Waals surface area (Å²) in [6.07, 6.45) is 3.28. The first-order chi connectivity index (χ1) is 12.1. The van der Waals surface area contributed by atoms with E-state index in [2.05, 4.69) is 10.1 Å². The lowest BCUT2D eigenvalue weighted by molar-refractivity contribution is -0.384. The van der Waals surface area contributed by atoms with E-state index < -0.39 is 10.5 Å². The molecular weight excluding hydrogens is 322 g/mol. The van der Waals surface area contributed by atoms with Crippen molar-refractivity contribution < 1.29 is 9.45 Å². The third kappa shape index (κ3) is 2.47. The zero-order valence-corrected chi connectivity index (χ0v) is 12.8. The maximum absolute atomic E-state index is 12.1. The number of rotatable bonds is 3. The molecule has 0 aliphatic carbocycles. The molecule has 122 valence electrons. The van der Waals surface area contributed by atoms with Crippen molar-refractivity contribution in [3.05, 3.63) is 80.2 Å². The number of hydrogen-bond acceptors (Lipinski definition) is 5. The summed E-state index contributed by atoms with van der Waals surface area (Å²) < 4.78 is 4.89. The van der Waals surface area contributed by atoms with Gasteiger partial charge < -0.3 is 4.52 Å². The molecule has 0 amide bonds. The van der Waals surface area contributed by atoms with Crippen LogP contribution < -0.4 is 5.63 Å². The van der Waals surface area contributed by atoms with Gasteiger partial charge in [0.2, 0.25) is 0 Å². The summed E-state index contributed by atoms with van der Waals surface area (Å²) in [6.45, 7) is 0. The molecule has 0 fully saturated rings. The Balaban J connectivity index is 1.89. The monoisotopic (exact) mass is 333 g/mol. The van der Waals surface area contributed by atoms with Crippen molar-refractivity contribution >= 4 is 29.2 Å². The summed E-state index contributed by atoms with van der Waals surface area (Å²) in [5.74, 6) is 0. The summed E-state index contributed by atoms with van der Waals surface area (Å²) >= 11 is 0. The Morgan fingerprint density at radius 2 is 1.80 bits per heavy atom. The van der Waals surface area contributed by atoms with Crippen LogP contribution in [0.2, 0.25) is 0 Å². The van der Waals surface area contributed by atoms with E-state index in [1.165, 1.54) is 6.07 Å². The summed E-state index contributed by atoms with van der Waals surface area (Å²) in [5, 5.41) is 13.8. The smallest absolute Gasteiger partial charge is 0.338 e. The first-order valence-corrected chi connectivity index (χ1v) is 7.45. The maximum Gasteiger partial charge on any atom is 0.365 e. The van der Waals surface area contributed by atoms with Gasteiger partial charge in [0.05, 0.1) is 21.7 Å². The quantitative estimate of drug-likeness (QED) is 0.581. The normalized spacial score (nSPS) is 14.0. The zero-order chi connectivity index (χ0) is 17.4. The largest absolute Gasteiger partial charge is 0.365 e. The van der Waals surface area contributed by atoms with Crippen LogP contribution in [0.1, 0.15) is 11.1 Å². The Labute approximate surface area is 141 Å². The molecule has 0 radical (unpaired) electrons. The van der Waals surface area contributed by atoms with Crippen LogP contribution in [0.15, 0.2) is 62.8 Å². The van der Waals surface area contributed by atoms with Crippen molar-refractivity contribution in [2.75, 3.05) is 0 Å². The van der Waals surface area contributed by atoms with Crippen molar-refractivity contribution in [1.82, 2.24) is 5.16 Å². The number of para-hydroxylation sites is 2. The van der Waals surface area contributed by atoms with E-state index in [1.807, 2.05) is 24.3 Å². The first kappa shape index (κ1) is 14.8. The number of nitro benzene ring substituents is 1. The van der Waals surface area contributed by atoms with E-state index in [-0.39, 0.29) is 22.5 Å². The fourth-order valence-corrected chi connectivity index (χ4v) is 2.79. The molecule has 1 N–H and O–H groups in total. The average Bonchev–Trinajstić information content (AvgIpc) is 3.20. The Morgan fingerprint density at radius 3 is 2.60 bits per heavy atom. The lowest BCUT2D eigenvalue weighted by atomic mass is 10.0. The van der Waals surface area contributed by atoms with Gasteiger partial charge in [0.15, 0.2) is 0 Å². The van der Waals surface area contributed by atoms with Gasteiger partial charge >= 0.3 is 5.63 Å². The number of nitrogens with one attached hydrogen (secondary N) is 1. The van der Waals surface area contributed by atoms with Gasteiger partial charge in [-0.2, -0.15) is 0 Å². The van der Waals surface area contributed by atoms with E-state index in [1.54, 1.807) is 30.5 Å². The van der Waals surface area contributed by atoms with Gasteiger partial charge in [0.1, 0.15) is 5.69 Å². The van der Waals surface area contributed by atoms with Crippen LogP contribution in [0.3, 0.4) is 0 Å². The predicted octanol–water partition coefficient (Wildman–Crippen LogP) is 3.80. The van der Waals surface area contributed by atoms with Crippen molar-refractivity contribution in [3.8, 4) is 11.3 Å². The minimum absolute atomic E-state index is 0.111. The molecule has 7 nitrogen and oxygen atoms in total. The minimum atomic E-state index is -0.599. The maximum atomic E-state index is 12.1. The minimum Gasteiger partial charge on any atom is -0.338 e. The number of hydrogen-bond donors (Lipinski definition) is 1. The van der Waals surface area contributed by atoms with E-state index in [0.717, 1.165) is 16.8 Å². The molecule has 0 atom stereocenters. The van der Waals surface area contributed by atoms with Gasteiger partial charge in [-0.05, 0) is 18.2 Å². The second kappa shape index (κ2) is 5.72. The Hall–Kier alpha value is -3.74. The topological polar surface area (TPSA) is 102 Å². The molecule has 1 aliphatic rings. The number of allylic oxidation sites excluding steroid dienone is 1. The zero-order valence-electron chi connectivity index (χ0n) is 12.8. The molecule has 25 heavy (non-hydrogen) atoms. The average molecular weight is 333 g/mol. The summed E-state index contributed by atoms with van der Waals surface area (Å²) in [4.78, 5) is 27.2. The lowest BCUT2D eigenvalue weighted by Crippen LogP contribution is -1.99. The Kier molecular flexibility index (Phi) is 3.39. The van der Waals surface area contributed by atoms with Crippen LogP contribution in [-0.2, 0) is 0 Å². The number of H-pyrrole nitrogens is 1. The third-order valence-electron chi connectivity index (χ3n) is 3.96. The van der Waals surface area contributed by atoms with Crippen LogP contribution >= 0.6 is 0 Å². The number of nitro groups is 1. The van der Waals surface area contributed by atoms with Crippen LogP contribution in [0.4, 0.5) is 11.4 Å². The number of nitrogens with zero attached hydrogens (tertiary/aromatic N) is 2. The Morgan fingerprint density at radius 1 is 1.08 bits per heavy atom. The SMILES string of the molecule is O=c1o[nH]c(-c2ccccc2[N+](=O)[O-])c1/C=C1/C=Nc2ccccc21. The highest BCUT2D eigenvalue weighted by molar-refractivity contribution is 6.21. The number of benzene rings is 2. The predicted molar refractivity (Wildman–Crippen MR) is 93.9 cm³/mol. The molecule has 7 heteroatoms. The van der Waals surface area contributed by atoms with Crippen LogP contribution in [0.25, 0.3) is 22.9 Å². The van der Waals surface area contributed by atoms with E-state index in [9.17, 15) is 14.9 Å². The highest BCUT2D eigenvalue weighted by Gasteiger charge is 2.22. The van der Waals surface area contributed by atoms with Gasteiger partial charge in [-0.25, -0.2) is 9.95 Å². The third-order valence-corrected chi connectivity index (χ3v) is 3.96. The van der Waals surface area contributed by atoms with E-state index in [0.29, 0.717) is 0 Å². The van der Waals surface area contributed by atoms with Crippen LogP contribution in [-0.4, -0.2) is 16.3 Å². The molecule has 2 aromatic carbocycles. The fourth-order valence-electron chi connectivity index (χ4n) is 2.79. The molecule has 0 unspecified atom stereocenters. The highest BCUT2D eigenvalue weighted by Crippen LogP contribution is 2.34. The lowest BCUT2D eigenvalue weighted by Gasteiger charge is -2.02. The molecule has 0 saturated heterocycles. The van der Waals surface area contributed by atoms with Gasteiger partial charge in [0, 0.05) is 23.4 Å². The van der Waals surface area contributed by atoms with Crippen molar-refractivity contribution in [2.45, 2.75) is 0 Å². The number of aliphatic imine (C=N–C) groups is 1. The van der Waals surface area contributed by atoms with Crippen LogP contribution in [0, 0.1) is 10.1 Å². The molecule has 2 heterocycles. The van der Waals surface area contributed by atoms with Gasteiger partial charge in [-0.1, -0.05) is 30.3 Å². The summed E-state index contributed by atoms with van der Waals surface area (Å²) in [7, 11) is 0. The number of aromatic amines is 1. The molecule has 1 aromatic heterocycles. The molecule has 4 rings (SSSR count). The molecule has 0 spiro atoms. The molecule has 0 saturated carbocycles. The highest BCUT2D eigenvalue weighted by atomic mass is 16.6. The fraction of sp³-hybridized carbons (Fsp3) is 0. The molecule has 1 aliphatic heterocycles. The second-order valence-corrected chi connectivity index (χ2v) is 5.43. The summed E-state index contributed by atoms with van der Waals surface area (Å²) in [5.41, 5.74) is 2.49. The molecule has 3 aromatic rings. The van der Waals surface area contributed by atoms with Gasteiger partial charge in [0.25, 0.3) is 5.69 Å².